The molecule has 2 N–H and O–H groups in total. The number of rotatable bonds is 6. The van der Waals surface area contributed by atoms with E-state index in [2.05, 4.69) is 48.4 Å². The van der Waals surface area contributed by atoms with Gasteiger partial charge in [0.25, 0.3) is 5.91 Å². The quantitative estimate of drug-likeness (QED) is 0.696. The van der Waals surface area contributed by atoms with Gasteiger partial charge in [-0.25, -0.2) is 0 Å². The van der Waals surface area contributed by atoms with Crippen LogP contribution in [0.3, 0.4) is 0 Å². The van der Waals surface area contributed by atoms with Crippen LogP contribution >= 0.6 is 0 Å². The second-order valence-electron chi connectivity index (χ2n) is 7.52. The number of carbonyl (C=O) groups excluding carboxylic acids is 1. The molecule has 0 aliphatic heterocycles. The first-order valence-electron chi connectivity index (χ1n) is 10.1. The van der Waals surface area contributed by atoms with Crippen LogP contribution in [0.2, 0.25) is 0 Å². The van der Waals surface area contributed by atoms with Crippen LogP contribution in [0.25, 0.3) is 0 Å². The fourth-order valence-electron chi connectivity index (χ4n) is 3.26. The van der Waals surface area contributed by atoms with Gasteiger partial charge < -0.3 is 15.5 Å². The minimum Gasteiger partial charge on any atom is -0.381 e. The molecule has 4 nitrogen and oxygen atoms in total. The fourth-order valence-corrected chi connectivity index (χ4v) is 3.26. The van der Waals surface area contributed by atoms with Crippen molar-refractivity contribution in [2.75, 3.05) is 19.4 Å². The molecule has 0 radical (unpaired) electrons. The van der Waals surface area contributed by atoms with Crippen molar-refractivity contribution in [1.29, 1.82) is 0 Å². The normalized spacial score (nSPS) is 15.7. The number of amides is 1. The number of benzene rings is 1. The first kappa shape index (κ1) is 21.2. The molecule has 0 spiro atoms. The SMILES string of the molecule is C=C(Nc1ccccc1C)C1=CCC=CC=C1NC(=O)C1=CC=CCC(N(C)C)=C1. The summed E-state index contributed by atoms with van der Waals surface area (Å²) in [6, 6.07) is 8.07. The summed E-state index contributed by atoms with van der Waals surface area (Å²) in [5, 5.41) is 6.48. The third-order valence-electron chi connectivity index (χ3n) is 5.05. The summed E-state index contributed by atoms with van der Waals surface area (Å²) in [5.41, 5.74) is 6.21. The maximum absolute atomic E-state index is 13.1. The minimum absolute atomic E-state index is 0.142. The number of carbonyl (C=O) groups is 1. The number of anilines is 1. The Morgan fingerprint density at radius 1 is 1.07 bits per heavy atom. The molecule has 1 aromatic rings. The highest BCUT2D eigenvalue weighted by Gasteiger charge is 2.17. The zero-order chi connectivity index (χ0) is 21.5. The molecule has 0 aromatic heterocycles. The summed E-state index contributed by atoms with van der Waals surface area (Å²) in [6.07, 6.45) is 17.4. The van der Waals surface area contributed by atoms with Crippen LogP contribution in [0.15, 0.2) is 108 Å². The summed E-state index contributed by atoms with van der Waals surface area (Å²) >= 11 is 0. The predicted octanol–water partition coefficient (Wildman–Crippen LogP) is 5.14. The minimum atomic E-state index is -0.142. The van der Waals surface area contributed by atoms with Crippen molar-refractivity contribution in [1.82, 2.24) is 10.2 Å². The Bertz CT molecular complexity index is 1020. The van der Waals surface area contributed by atoms with Crippen LogP contribution in [0.4, 0.5) is 5.69 Å². The highest BCUT2D eigenvalue weighted by Crippen LogP contribution is 2.24. The molecule has 0 heterocycles. The summed E-state index contributed by atoms with van der Waals surface area (Å²) in [5.74, 6) is -0.142. The Morgan fingerprint density at radius 2 is 1.83 bits per heavy atom. The number of allylic oxidation sites excluding steroid dienone is 7. The van der Waals surface area contributed by atoms with E-state index in [1.54, 1.807) is 0 Å². The van der Waals surface area contributed by atoms with Gasteiger partial charge in [-0.1, -0.05) is 55.2 Å². The summed E-state index contributed by atoms with van der Waals surface area (Å²) < 4.78 is 0. The van der Waals surface area contributed by atoms with E-state index in [-0.39, 0.29) is 5.91 Å². The lowest BCUT2D eigenvalue weighted by atomic mass is 10.1. The number of nitrogens with zero attached hydrogens (tertiary/aromatic N) is 1. The monoisotopic (exact) mass is 399 g/mol. The molecule has 0 atom stereocenters. The van der Waals surface area contributed by atoms with E-state index in [1.165, 1.54) is 0 Å². The predicted molar refractivity (Wildman–Crippen MR) is 126 cm³/mol. The van der Waals surface area contributed by atoms with Crippen LogP contribution in [-0.2, 0) is 4.79 Å². The van der Waals surface area contributed by atoms with E-state index < -0.39 is 0 Å². The lowest BCUT2D eigenvalue weighted by Gasteiger charge is -2.19. The molecule has 2 aliphatic rings. The lowest BCUT2D eigenvalue weighted by Crippen LogP contribution is -2.26. The smallest absolute Gasteiger partial charge is 0.255 e. The van der Waals surface area contributed by atoms with E-state index in [4.69, 9.17) is 0 Å². The van der Waals surface area contributed by atoms with E-state index in [1.807, 2.05) is 67.6 Å². The van der Waals surface area contributed by atoms with Gasteiger partial charge in [-0.3, -0.25) is 4.79 Å². The van der Waals surface area contributed by atoms with Crippen LogP contribution in [0, 0.1) is 6.92 Å². The van der Waals surface area contributed by atoms with Crippen LogP contribution in [0.1, 0.15) is 18.4 Å². The van der Waals surface area contributed by atoms with Gasteiger partial charge >= 0.3 is 0 Å². The Labute approximate surface area is 179 Å². The molecule has 3 rings (SSSR count). The second kappa shape index (κ2) is 9.79. The highest BCUT2D eigenvalue weighted by atomic mass is 16.1. The summed E-state index contributed by atoms with van der Waals surface area (Å²) in [4.78, 5) is 15.1. The van der Waals surface area contributed by atoms with Crippen molar-refractivity contribution in [3.05, 3.63) is 113 Å². The van der Waals surface area contributed by atoms with Crippen LogP contribution in [-0.4, -0.2) is 24.9 Å². The number of hydrogen-bond acceptors (Lipinski definition) is 3. The number of nitrogens with one attached hydrogen (secondary N) is 2. The third kappa shape index (κ3) is 5.29. The molecule has 1 amide bonds. The van der Waals surface area contributed by atoms with Crippen molar-refractivity contribution < 1.29 is 4.79 Å². The van der Waals surface area contributed by atoms with Crippen molar-refractivity contribution in [2.45, 2.75) is 19.8 Å². The maximum atomic E-state index is 13.1. The molecule has 154 valence electrons. The number of hydrogen-bond donors (Lipinski definition) is 2. The van der Waals surface area contributed by atoms with Crippen molar-refractivity contribution in [3.63, 3.8) is 0 Å². The zero-order valence-electron chi connectivity index (χ0n) is 17.9. The van der Waals surface area contributed by atoms with E-state index in [0.717, 1.165) is 46.8 Å². The molecule has 0 saturated heterocycles. The molecule has 0 saturated carbocycles. The molecule has 30 heavy (non-hydrogen) atoms. The first-order chi connectivity index (χ1) is 14.5. The first-order valence-corrected chi connectivity index (χ1v) is 10.1. The Morgan fingerprint density at radius 3 is 2.60 bits per heavy atom. The largest absolute Gasteiger partial charge is 0.381 e. The number of para-hydroxylation sites is 1. The van der Waals surface area contributed by atoms with Gasteiger partial charge in [0.2, 0.25) is 0 Å². The average molecular weight is 400 g/mol. The van der Waals surface area contributed by atoms with Crippen LogP contribution in [0.5, 0.6) is 0 Å². The van der Waals surface area contributed by atoms with E-state index in [0.29, 0.717) is 5.57 Å². The van der Waals surface area contributed by atoms with Gasteiger partial charge in [0.1, 0.15) is 0 Å². The van der Waals surface area contributed by atoms with E-state index >= 15 is 0 Å². The van der Waals surface area contributed by atoms with E-state index in [9.17, 15) is 4.79 Å². The average Bonchev–Trinajstić information content (AvgIpc) is 3.11. The molecule has 4 heteroatoms. The molecule has 0 bridgehead atoms. The molecular formula is C26H29N3O. The Balaban J connectivity index is 1.81. The van der Waals surface area contributed by atoms with Gasteiger partial charge in [-0.15, -0.1) is 0 Å². The highest BCUT2D eigenvalue weighted by molar-refractivity contribution is 5.98. The molecule has 1 aromatic carbocycles. The third-order valence-corrected chi connectivity index (χ3v) is 5.05. The zero-order valence-corrected chi connectivity index (χ0v) is 17.9. The summed E-state index contributed by atoms with van der Waals surface area (Å²) in [7, 11) is 3.97. The molecule has 2 aliphatic carbocycles. The number of aryl methyl sites for hydroxylation is 1. The fraction of sp³-hybridized carbons (Fsp3) is 0.192. The maximum Gasteiger partial charge on any atom is 0.255 e. The Kier molecular flexibility index (Phi) is 6.91. The molecular weight excluding hydrogens is 370 g/mol. The van der Waals surface area contributed by atoms with Gasteiger partial charge in [0, 0.05) is 48.7 Å². The lowest BCUT2D eigenvalue weighted by molar-refractivity contribution is -0.116. The second-order valence-corrected chi connectivity index (χ2v) is 7.52. The van der Waals surface area contributed by atoms with Gasteiger partial charge in [-0.05, 0) is 43.2 Å². The van der Waals surface area contributed by atoms with Crippen molar-refractivity contribution >= 4 is 11.6 Å². The van der Waals surface area contributed by atoms with Gasteiger partial charge in [0.05, 0.1) is 5.70 Å². The van der Waals surface area contributed by atoms with Gasteiger partial charge in [0.15, 0.2) is 0 Å². The van der Waals surface area contributed by atoms with Crippen molar-refractivity contribution in [2.24, 2.45) is 0 Å². The standard InChI is InChI=1S/C26H29N3O/c1-19-12-8-11-16-24(19)27-20(2)23-15-6-5-7-17-25(23)28-26(30)21-13-9-10-14-22(18-21)29(3)4/h5,7-13,15-18,27H,2,6,14H2,1,3-4H3,(H,28,30). The van der Waals surface area contributed by atoms with Crippen LogP contribution < -0.4 is 10.6 Å². The topological polar surface area (TPSA) is 44.4 Å². The summed E-state index contributed by atoms with van der Waals surface area (Å²) in [6.45, 7) is 6.29. The van der Waals surface area contributed by atoms with Crippen molar-refractivity contribution in [3.8, 4) is 0 Å². The Hall–Kier alpha value is -3.53. The van der Waals surface area contributed by atoms with Gasteiger partial charge in [-0.2, -0.15) is 0 Å². The molecule has 0 fully saturated rings. The molecule has 0 unspecified atom stereocenters.